The number of nitrogens with zero attached hydrogens (tertiary/aromatic N) is 3. The number of hydrogen-bond acceptors (Lipinski definition) is 4. The van der Waals surface area contributed by atoms with Crippen LogP contribution in [0.1, 0.15) is 18.9 Å². The zero-order valence-electron chi connectivity index (χ0n) is 10.3. The van der Waals surface area contributed by atoms with Crippen LogP contribution in [0.25, 0.3) is 0 Å². The van der Waals surface area contributed by atoms with Crippen molar-refractivity contribution in [2.24, 2.45) is 5.84 Å². The SMILES string of the molecule is CCCn1ccn(Cc2ccnc(NN)c2)c1=O. The van der Waals surface area contributed by atoms with Crippen molar-refractivity contribution in [3.05, 3.63) is 46.8 Å². The average Bonchev–Trinajstić information content (AvgIpc) is 2.72. The topological polar surface area (TPSA) is 77.9 Å². The van der Waals surface area contributed by atoms with E-state index < -0.39 is 0 Å². The van der Waals surface area contributed by atoms with Gasteiger partial charge in [0.1, 0.15) is 5.82 Å². The summed E-state index contributed by atoms with van der Waals surface area (Å²) in [7, 11) is 0. The fourth-order valence-electron chi connectivity index (χ4n) is 1.83. The molecule has 0 atom stereocenters. The number of nitrogens with one attached hydrogen (secondary N) is 1. The lowest BCUT2D eigenvalue weighted by atomic mass is 10.2. The third kappa shape index (κ3) is 2.60. The van der Waals surface area contributed by atoms with E-state index in [0.29, 0.717) is 12.4 Å². The van der Waals surface area contributed by atoms with E-state index >= 15 is 0 Å². The molecule has 96 valence electrons. The van der Waals surface area contributed by atoms with Crippen molar-refractivity contribution in [1.82, 2.24) is 14.1 Å². The van der Waals surface area contributed by atoms with E-state index in [0.717, 1.165) is 18.5 Å². The number of imidazole rings is 1. The summed E-state index contributed by atoms with van der Waals surface area (Å²) in [6.07, 6.45) is 6.22. The molecule has 6 nitrogen and oxygen atoms in total. The summed E-state index contributed by atoms with van der Waals surface area (Å²) in [5.74, 6) is 5.89. The highest BCUT2D eigenvalue weighted by atomic mass is 16.1. The Balaban J connectivity index is 2.20. The van der Waals surface area contributed by atoms with Gasteiger partial charge >= 0.3 is 5.69 Å². The Bertz CT molecular complexity index is 572. The van der Waals surface area contributed by atoms with Gasteiger partial charge in [0.05, 0.1) is 6.54 Å². The van der Waals surface area contributed by atoms with Crippen LogP contribution in [-0.2, 0) is 13.1 Å². The van der Waals surface area contributed by atoms with Crippen molar-refractivity contribution < 1.29 is 0 Å². The van der Waals surface area contributed by atoms with Crippen LogP contribution in [-0.4, -0.2) is 14.1 Å². The normalized spacial score (nSPS) is 10.6. The molecule has 0 bridgehead atoms. The molecule has 0 saturated carbocycles. The fourth-order valence-corrected chi connectivity index (χ4v) is 1.83. The second-order valence-electron chi connectivity index (χ2n) is 4.10. The lowest BCUT2D eigenvalue weighted by molar-refractivity contribution is 0.624. The maximum absolute atomic E-state index is 12.0. The molecule has 0 aliphatic carbocycles. The van der Waals surface area contributed by atoms with Gasteiger partial charge in [0, 0.05) is 25.1 Å². The first-order valence-corrected chi connectivity index (χ1v) is 5.91. The van der Waals surface area contributed by atoms with Gasteiger partial charge < -0.3 is 5.43 Å². The van der Waals surface area contributed by atoms with Gasteiger partial charge in [0.2, 0.25) is 0 Å². The molecule has 0 aliphatic heterocycles. The van der Waals surface area contributed by atoms with Gasteiger partial charge in [-0.1, -0.05) is 6.92 Å². The largest absolute Gasteiger partial charge is 0.328 e. The van der Waals surface area contributed by atoms with Gasteiger partial charge in [-0.15, -0.1) is 0 Å². The quantitative estimate of drug-likeness (QED) is 0.605. The van der Waals surface area contributed by atoms with Crippen molar-refractivity contribution in [2.75, 3.05) is 5.43 Å². The van der Waals surface area contributed by atoms with Crippen LogP contribution in [0.2, 0.25) is 0 Å². The first-order chi connectivity index (χ1) is 8.74. The molecule has 2 aromatic rings. The summed E-state index contributed by atoms with van der Waals surface area (Å²) in [5, 5.41) is 0. The molecule has 0 unspecified atom stereocenters. The highest BCUT2D eigenvalue weighted by molar-refractivity contribution is 5.35. The van der Waals surface area contributed by atoms with E-state index in [1.807, 2.05) is 25.3 Å². The molecule has 0 aliphatic rings. The molecule has 2 heterocycles. The molecule has 0 saturated heterocycles. The van der Waals surface area contributed by atoms with Gasteiger partial charge in [0.25, 0.3) is 0 Å². The number of rotatable bonds is 5. The van der Waals surface area contributed by atoms with E-state index in [9.17, 15) is 4.79 Å². The van der Waals surface area contributed by atoms with Crippen LogP contribution in [0, 0.1) is 0 Å². The highest BCUT2D eigenvalue weighted by Gasteiger charge is 2.03. The molecule has 18 heavy (non-hydrogen) atoms. The Kier molecular flexibility index (Phi) is 3.78. The summed E-state index contributed by atoms with van der Waals surface area (Å²) in [6, 6.07) is 3.69. The van der Waals surface area contributed by atoms with E-state index in [1.165, 1.54) is 0 Å². The first-order valence-electron chi connectivity index (χ1n) is 5.91. The second-order valence-corrected chi connectivity index (χ2v) is 4.10. The van der Waals surface area contributed by atoms with Crippen molar-refractivity contribution in [1.29, 1.82) is 0 Å². The predicted molar refractivity (Wildman–Crippen MR) is 70.1 cm³/mol. The maximum atomic E-state index is 12.0. The van der Waals surface area contributed by atoms with Crippen LogP contribution in [0.15, 0.2) is 35.5 Å². The first kappa shape index (κ1) is 12.4. The average molecular weight is 247 g/mol. The van der Waals surface area contributed by atoms with Crippen LogP contribution in [0.4, 0.5) is 5.82 Å². The summed E-state index contributed by atoms with van der Waals surface area (Å²) in [4.78, 5) is 16.0. The molecule has 0 fully saturated rings. The molecule has 0 amide bonds. The number of pyridine rings is 1. The van der Waals surface area contributed by atoms with Crippen molar-refractivity contribution in [3.63, 3.8) is 0 Å². The van der Waals surface area contributed by atoms with Crippen molar-refractivity contribution >= 4 is 5.82 Å². The Morgan fingerprint density at radius 2 is 2.17 bits per heavy atom. The fraction of sp³-hybridized carbons (Fsp3) is 0.333. The number of nitrogens with two attached hydrogens (primary N) is 1. The standard InChI is InChI=1S/C12H17N5O/c1-2-5-16-6-7-17(12(16)18)9-10-3-4-14-11(8-10)15-13/h3-4,6-8H,2,5,9,13H2,1H3,(H,14,15). The minimum absolute atomic E-state index is 0.0101. The monoisotopic (exact) mass is 247 g/mol. The van der Waals surface area contributed by atoms with Crippen LogP contribution in [0.5, 0.6) is 0 Å². The van der Waals surface area contributed by atoms with Gasteiger partial charge in [-0.2, -0.15) is 0 Å². The van der Waals surface area contributed by atoms with Crippen LogP contribution < -0.4 is 17.0 Å². The summed E-state index contributed by atoms with van der Waals surface area (Å²) in [6.45, 7) is 3.32. The summed E-state index contributed by atoms with van der Waals surface area (Å²) >= 11 is 0. The molecular formula is C12H17N5O. The zero-order chi connectivity index (χ0) is 13.0. The minimum Gasteiger partial charge on any atom is -0.308 e. The molecule has 2 rings (SSSR count). The van der Waals surface area contributed by atoms with Gasteiger partial charge in [-0.05, 0) is 24.1 Å². The third-order valence-corrected chi connectivity index (χ3v) is 2.71. The summed E-state index contributed by atoms with van der Waals surface area (Å²) in [5.41, 5.74) is 3.48. The minimum atomic E-state index is 0.0101. The summed E-state index contributed by atoms with van der Waals surface area (Å²) < 4.78 is 3.38. The number of aryl methyl sites for hydroxylation is 1. The van der Waals surface area contributed by atoms with E-state index in [-0.39, 0.29) is 5.69 Å². The number of anilines is 1. The smallest absolute Gasteiger partial charge is 0.308 e. The molecule has 2 aromatic heterocycles. The Hall–Kier alpha value is -2.08. The van der Waals surface area contributed by atoms with Crippen LogP contribution in [0.3, 0.4) is 0 Å². The number of hydrogen-bond donors (Lipinski definition) is 2. The Labute approximate surface area is 105 Å². The molecule has 3 N–H and O–H groups in total. The van der Waals surface area contributed by atoms with Crippen molar-refractivity contribution in [2.45, 2.75) is 26.4 Å². The lowest BCUT2D eigenvalue weighted by Gasteiger charge is -2.04. The van der Waals surface area contributed by atoms with Gasteiger partial charge in [0.15, 0.2) is 0 Å². The van der Waals surface area contributed by atoms with Crippen molar-refractivity contribution in [3.8, 4) is 0 Å². The molecule has 0 aromatic carbocycles. The molecular weight excluding hydrogens is 230 g/mol. The number of hydrazine groups is 1. The third-order valence-electron chi connectivity index (χ3n) is 2.71. The number of aromatic nitrogens is 3. The second kappa shape index (κ2) is 5.50. The molecule has 0 spiro atoms. The molecule has 0 radical (unpaired) electrons. The molecule has 6 heteroatoms. The maximum Gasteiger partial charge on any atom is 0.328 e. The number of nitrogen functional groups attached to an aromatic ring is 1. The van der Waals surface area contributed by atoms with E-state index in [1.54, 1.807) is 21.5 Å². The zero-order valence-corrected chi connectivity index (χ0v) is 10.3. The van der Waals surface area contributed by atoms with Gasteiger partial charge in [-0.25, -0.2) is 15.6 Å². The van der Waals surface area contributed by atoms with E-state index in [2.05, 4.69) is 10.4 Å². The van der Waals surface area contributed by atoms with Gasteiger partial charge in [-0.3, -0.25) is 9.13 Å². The van der Waals surface area contributed by atoms with Crippen LogP contribution >= 0.6 is 0 Å². The van der Waals surface area contributed by atoms with E-state index in [4.69, 9.17) is 5.84 Å². The predicted octanol–water partition coefficient (Wildman–Crippen LogP) is 0.789. The lowest BCUT2D eigenvalue weighted by Crippen LogP contribution is -2.24. The Morgan fingerprint density at radius 1 is 1.39 bits per heavy atom. The highest BCUT2D eigenvalue weighted by Crippen LogP contribution is 2.06. The Morgan fingerprint density at radius 3 is 2.89 bits per heavy atom.